The molecule has 2 saturated heterocycles. The van der Waals surface area contributed by atoms with Gasteiger partial charge in [0.2, 0.25) is 0 Å². The third-order valence-electron chi connectivity index (χ3n) is 3.17. The molecule has 0 aromatic carbocycles. The topological polar surface area (TPSA) is 29.5 Å². The van der Waals surface area contributed by atoms with Crippen molar-refractivity contribution in [3.8, 4) is 0 Å². The van der Waals surface area contributed by atoms with E-state index in [1.807, 2.05) is 0 Å². The maximum absolute atomic E-state index is 9.93. The smallest absolute Gasteiger partial charge is 0.168 e. The third kappa shape index (κ3) is 1.00. The highest BCUT2D eigenvalue weighted by Crippen LogP contribution is 2.49. The van der Waals surface area contributed by atoms with E-state index in [0.717, 1.165) is 25.7 Å². The van der Waals surface area contributed by atoms with Crippen LogP contribution in [0.4, 0.5) is 0 Å². The molecule has 11 heavy (non-hydrogen) atoms. The molecule has 2 nitrogen and oxygen atoms in total. The Morgan fingerprint density at radius 1 is 1.45 bits per heavy atom. The van der Waals surface area contributed by atoms with Crippen molar-refractivity contribution in [2.24, 2.45) is 5.92 Å². The van der Waals surface area contributed by atoms with Crippen LogP contribution < -0.4 is 0 Å². The van der Waals surface area contributed by atoms with E-state index in [4.69, 9.17) is 4.74 Å². The van der Waals surface area contributed by atoms with Gasteiger partial charge in [-0.15, -0.1) is 0 Å². The predicted octanol–water partition coefficient (Wildman–Crippen LogP) is 1.67. The highest BCUT2D eigenvalue weighted by Gasteiger charge is 2.53. The molecule has 1 N–H and O–H groups in total. The summed E-state index contributed by atoms with van der Waals surface area (Å²) in [6.45, 7) is 4.19. The first kappa shape index (κ1) is 7.56. The summed E-state index contributed by atoms with van der Waals surface area (Å²) >= 11 is 0. The van der Waals surface area contributed by atoms with Gasteiger partial charge in [0.05, 0.1) is 5.60 Å². The van der Waals surface area contributed by atoms with Crippen LogP contribution in [0.15, 0.2) is 0 Å². The zero-order valence-electron chi connectivity index (χ0n) is 7.26. The van der Waals surface area contributed by atoms with Gasteiger partial charge < -0.3 is 9.84 Å². The molecule has 0 aromatic rings. The van der Waals surface area contributed by atoms with Crippen molar-refractivity contribution < 1.29 is 9.84 Å². The van der Waals surface area contributed by atoms with E-state index < -0.39 is 5.79 Å². The lowest BCUT2D eigenvalue weighted by Crippen LogP contribution is -2.40. The van der Waals surface area contributed by atoms with Crippen molar-refractivity contribution in [2.75, 3.05) is 0 Å². The highest BCUT2D eigenvalue weighted by molar-refractivity contribution is 4.97. The van der Waals surface area contributed by atoms with E-state index in [-0.39, 0.29) is 5.60 Å². The van der Waals surface area contributed by atoms with Crippen LogP contribution in [0.2, 0.25) is 0 Å². The maximum atomic E-state index is 9.93. The van der Waals surface area contributed by atoms with Crippen LogP contribution >= 0.6 is 0 Å². The number of fused-ring (bicyclic) bond motifs is 2. The second kappa shape index (κ2) is 1.99. The number of hydrogen-bond acceptors (Lipinski definition) is 2. The fourth-order valence-corrected chi connectivity index (χ4v) is 2.54. The summed E-state index contributed by atoms with van der Waals surface area (Å²) in [6, 6.07) is 0. The lowest BCUT2D eigenvalue weighted by molar-refractivity contribution is -0.255. The molecule has 0 amide bonds. The summed E-state index contributed by atoms with van der Waals surface area (Å²) in [5.41, 5.74) is -0.0214. The van der Waals surface area contributed by atoms with E-state index in [2.05, 4.69) is 13.8 Å². The van der Waals surface area contributed by atoms with E-state index in [1.54, 1.807) is 0 Å². The molecule has 3 atom stereocenters. The number of aliphatic hydroxyl groups is 1. The van der Waals surface area contributed by atoms with Crippen LogP contribution in [0.1, 0.15) is 39.5 Å². The van der Waals surface area contributed by atoms with Gasteiger partial charge in [0.1, 0.15) is 0 Å². The van der Waals surface area contributed by atoms with Crippen LogP contribution in [-0.2, 0) is 4.74 Å². The molecule has 0 aliphatic carbocycles. The van der Waals surface area contributed by atoms with Gasteiger partial charge in [-0.1, -0.05) is 6.92 Å². The minimum Gasteiger partial charge on any atom is -0.365 e. The molecule has 2 heteroatoms. The number of ether oxygens (including phenoxy) is 1. The Morgan fingerprint density at radius 2 is 2.18 bits per heavy atom. The molecule has 2 aliphatic rings. The first-order valence-electron chi connectivity index (χ1n) is 4.47. The highest BCUT2D eigenvalue weighted by atomic mass is 16.6. The predicted molar refractivity (Wildman–Crippen MR) is 42.1 cm³/mol. The fourth-order valence-electron chi connectivity index (χ4n) is 2.54. The summed E-state index contributed by atoms with van der Waals surface area (Å²) in [5, 5.41) is 9.93. The number of hydrogen-bond donors (Lipinski definition) is 1. The summed E-state index contributed by atoms with van der Waals surface area (Å²) in [4.78, 5) is 0. The van der Waals surface area contributed by atoms with Gasteiger partial charge in [-0.05, 0) is 26.2 Å². The average molecular weight is 156 g/mol. The van der Waals surface area contributed by atoms with Gasteiger partial charge in [0, 0.05) is 12.3 Å². The molecular weight excluding hydrogens is 140 g/mol. The van der Waals surface area contributed by atoms with Gasteiger partial charge >= 0.3 is 0 Å². The Kier molecular flexibility index (Phi) is 1.37. The summed E-state index contributed by atoms with van der Waals surface area (Å²) in [7, 11) is 0. The Morgan fingerprint density at radius 3 is 2.73 bits per heavy atom. The molecule has 2 aliphatic heterocycles. The minimum atomic E-state index is -0.785. The van der Waals surface area contributed by atoms with Crippen molar-refractivity contribution >= 4 is 0 Å². The van der Waals surface area contributed by atoms with Crippen LogP contribution in [0.5, 0.6) is 0 Å². The van der Waals surface area contributed by atoms with E-state index in [9.17, 15) is 5.11 Å². The standard InChI is InChI=1S/C9H16O2/c1-7-6-8(2)4-3-5-9(7,10)11-8/h7,10H,3-6H2,1-2H3. The zero-order chi connectivity index (χ0) is 8.11. The van der Waals surface area contributed by atoms with Gasteiger partial charge in [-0.25, -0.2) is 0 Å². The molecule has 0 radical (unpaired) electrons. The van der Waals surface area contributed by atoms with Crippen molar-refractivity contribution in [3.63, 3.8) is 0 Å². The molecule has 64 valence electrons. The normalized spacial score (nSPS) is 56.5. The summed E-state index contributed by atoms with van der Waals surface area (Å²) < 4.78 is 5.64. The zero-order valence-corrected chi connectivity index (χ0v) is 7.26. The van der Waals surface area contributed by atoms with Gasteiger partial charge in [0.25, 0.3) is 0 Å². The first-order valence-corrected chi connectivity index (χ1v) is 4.47. The maximum Gasteiger partial charge on any atom is 0.168 e. The monoisotopic (exact) mass is 156 g/mol. The van der Waals surface area contributed by atoms with Crippen LogP contribution in [0.25, 0.3) is 0 Å². The lowest BCUT2D eigenvalue weighted by atomic mass is 9.94. The molecule has 2 rings (SSSR count). The SMILES string of the molecule is CC1CC2(C)CCCC1(O)O2. The van der Waals surface area contributed by atoms with Crippen LogP contribution in [0.3, 0.4) is 0 Å². The molecule has 2 heterocycles. The second-order valence-electron chi connectivity index (χ2n) is 4.36. The molecule has 2 fully saturated rings. The molecule has 0 aromatic heterocycles. The lowest BCUT2D eigenvalue weighted by Gasteiger charge is -2.35. The molecule has 0 saturated carbocycles. The number of rotatable bonds is 0. The van der Waals surface area contributed by atoms with Gasteiger partial charge in [-0.2, -0.15) is 0 Å². The van der Waals surface area contributed by atoms with Gasteiger partial charge in [0.15, 0.2) is 5.79 Å². The summed E-state index contributed by atoms with van der Waals surface area (Å²) in [6.07, 6.45) is 4.06. The minimum absolute atomic E-state index is 0.0214. The largest absolute Gasteiger partial charge is 0.365 e. The third-order valence-corrected chi connectivity index (χ3v) is 3.17. The Balaban J connectivity index is 2.26. The molecule has 3 unspecified atom stereocenters. The Hall–Kier alpha value is -0.0800. The van der Waals surface area contributed by atoms with E-state index in [0.29, 0.717) is 5.92 Å². The Labute approximate surface area is 67.6 Å². The quantitative estimate of drug-likeness (QED) is 0.578. The fraction of sp³-hybridized carbons (Fsp3) is 1.00. The first-order chi connectivity index (χ1) is 5.04. The van der Waals surface area contributed by atoms with Crippen molar-refractivity contribution in [1.29, 1.82) is 0 Å². The second-order valence-corrected chi connectivity index (χ2v) is 4.36. The van der Waals surface area contributed by atoms with Crippen molar-refractivity contribution in [1.82, 2.24) is 0 Å². The van der Waals surface area contributed by atoms with Gasteiger partial charge in [-0.3, -0.25) is 0 Å². The van der Waals surface area contributed by atoms with Crippen LogP contribution in [-0.4, -0.2) is 16.5 Å². The Bertz CT molecular complexity index is 180. The summed E-state index contributed by atoms with van der Waals surface area (Å²) in [5.74, 6) is -0.470. The van der Waals surface area contributed by atoms with E-state index in [1.165, 1.54) is 0 Å². The average Bonchev–Trinajstić information content (AvgIpc) is 1.99. The molecule has 0 spiro atoms. The van der Waals surface area contributed by atoms with E-state index >= 15 is 0 Å². The molecular formula is C9H16O2. The van der Waals surface area contributed by atoms with Crippen molar-refractivity contribution in [3.05, 3.63) is 0 Å². The van der Waals surface area contributed by atoms with Crippen molar-refractivity contribution in [2.45, 2.75) is 50.9 Å². The molecule has 2 bridgehead atoms. The van der Waals surface area contributed by atoms with Crippen LogP contribution in [0, 0.1) is 5.92 Å².